The summed E-state index contributed by atoms with van der Waals surface area (Å²) in [7, 11) is 0. The van der Waals surface area contributed by atoms with E-state index < -0.39 is 11.4 Å². The number of fused-ring (bicyclic) bond motifs is 7. The zero-order chi connectivity index (χ0) is 39.6. The summed E-state index contributed by atoms with van der Waals surface area (Å²) < 4.78 is 5.77. The molecule has 1 aromatic rings. The molecule has 0 bridgehead atoms. The molecule has 1 aromatic heterocycles. The van der Waals surface area contributed by atoms with E-state index in [1.54, 1.807) is 18.5 Å². The fourth-order valence-corrected chi connectivity index (χ4v) is 15.6. The first-order valence-electron chi connectivity index (χ1n) is 22.9. The number of piperidine rings is 1. The Morgan fingerprint density at radius 1 is 0.911 bits per heavy atom. The normalized spacial score (nSPS) is 41.9. The monoisotopic (exact) mass is 767 g/mol. The Hall–Kier alpha value is -2.51. The van der Waals surface area contributed by atoms with Crippen molar-refractivity contribution in [3.05, 3.63) is 53.9 Å². The smallest absolute Gasteiger partial charge is 0.316 e. The SMILES string of the molecule is C=C(C)[C@@H]1CC[C@]2(NCCN3CCCCC3)CC[C@]3(C)[C@H](CC[C@@H]4[C@@]5(C)CC=C(C6=CCC(CCOc7ncccn7)(C(=O)O)CC6)C(C)(C)[C@@H]5CC[C@]43C)[C@@H]12. The number of aliphatic carboxylic acids is 1. The van der Waals surface area contributed by atoms with Crippen LogP contribution in [0, 0.1) is 56.7 Å². The van der Waals surface area contributed by atoms with Crippen LogP contribution >= 0.6 is 0 Å². The summed E-state index contributed by atoms with van der Waals surface area (Å²) in [5.41, 5.74) is 4.76. The highest BCUT2D eigenvalue weighted by atomic mass is 16.5. The van der Waals surface area contributed by atoms with Gasteiger partial charge in [0.1, 0.15) is 0 Å². The van der Waals surface area contributed by atoms with Gasteiger partial charge in [0, 0.05) is 31.0 Å². The Balaban J connectivity index is 1.00. The largest absolute Gasteiger partial charge is 0.481 e. The molecular formula is C49H74N4O3. The predicted molar refractivity (Wildman–Crippen MR) is 225 cm³/mol. The van der Waals surface area contributed by atoms with Crippen LogP contribution in [-0.2, 0) is 4.79 Å². The number of nitrogens with one attached hydrogen (secondary N) is 1. The minimum Gasteiger partial charge on any atom is -0.481 e. The van der Waals surface area contributed by atoms with Gasteiger partial charge in [-0.25, -0.2) is 9.97 Å². The number of rotatable bonds is 11. The number of hydrogen-bond acceptors (Lipinski definition) is 6. The first-order chi connectivity index (χ1) is 26.7. The molecule has 308 valence electrons. The first-order valence-corrected chi connectivity index (χ1v) is 22.9. The van der Waals surface area contributed by atoms with E-state index in [1.165, 1.54) is 107 Å². The molecule has 5 fully saturated rings. The van der Waals surface area contributed by atoms with Crippen LogP contribution in [0.3, 0.4) is 0 Å². The number of carboxylic acid groups (broad SMARTS) is 1. The summed E-state index contributed by atoms with van der Waals surface area (Å²) in [6.45, 7) is 25.5. The highest BCUT2D eigenvalue weighted by molar-refractivity contribution is 5.75. The van der Waals surface area contributed by atoms with Gasteiger partial charge in [0.2, 0.25) is 0 Å². The summed E-state index contributed by atoms with van der Waals surface area (Å²) in [5, 5.41) is 14.8. The van der Waals surface area contributed by atoms with Crippen LogP contribution in [0.15, 0.2) is 53.9 Å². The van der Waals surface area contributed by atoms with Crippen molar-refractivity contribution in [2.75, 3.05) is 32.8 Å². The summed E-state index contributed by atoms with van der Waals surface area (Å²) in [5.74, 6) is 2.71. The standard InChI is InChI=1S/C49H74N4O3/c1-34(2)36-16-23-49(52-29-32-53-30-9-8-10-31-53)25-24-46(6)38(41(36)49)12-13-40-45(5)19-17-37(44(3,4)39(45)18-20-47(40,46)7)35-14-21-48(22-15-35,42(54)55)26-33-56-43-50-27-11-28-51-43/h11,14,17,27-28,36,38-41,52H,1,8-10,12-13,15-16,18-26,29-33H2,2-7H3,(H,54,55)/t36-,38+,39-,40+,41+,45-,46+,47+,48?,49-/m0/s1. The van der Waals surface area contributed by atoms with Crippen molar-refractivity contribution in [2.45, 2.75) is 150 Å². The number of carboxylic acids is 1. The molecule has 0 amide bonds. The molecule has 1 saturated heterocycles. The summed E-state index contributed by atoms with van der Waals surface area (Å²) in [6, 6.07) is 2.06. The minimum atomic E-state index is -0.810. The number of ether oxygens (including phenoxy) is 1. The van der Waals surface area contributed by atoms with Crippen LogP contribution < -0.4 is 10.1 Å². The molecule has 0 radical (unpaired) electrons. The van der Waals surface area contributed by atoms with Crippen LogP contribution in [0.4, 0.5) is 0 Å². The zero-order valence-corrected chi connectivity index (χ0v) is 35.9. The van der Waals surface area contributed by atoms with Crippen LogP contribution in [0.1, 0.15) is 144 Å². The molecule has 7 aliphatic rings. The third kappa shape index (κ3) is 6.46. The van der Waals surface area contributed by atoms with Crippen molar-refractivity contribution in [2.24, 2.45) is 56.7 Å². The average Bonchev–Trinajstić information content (AvgIpc) is 3.56. The number of hydrogen-bond donors (Lipinski definition) is 2. The lowest BCUT2D eigenvalue weighted by atomic mass is 9.33. The van der Waals surface area contributed by atoms with Crippen molar-refractivity contribution >= 4 is 5.97 Å². The Bertz CT molecular complexity index is 1700. The van der Waals surface area contributed by atoms with Gasteiger partial charge in [-0.1, -0.05) is 65.3 Å². The average molecular weight is 767 g/mol. The van der Waals surface area contributed by atoms with Gasteiger partial charge in [0.25, 0.3) is 0 Å². The van der Waals surface area contributed by atoms with Gasteiger partial charge in [-0.05, 0) is 185 Å². The molecule has 56 heavy (non-hydrogen) atoms. The molecule has 1 aliphatic heterocycles. The van der Waals surface area contributed by atoms with Gasteiger partial charge < -0.3 is 20.1 Å². The fourth-order valence-electron chi connectivity index (χ4n) is 15.6. The van der Waals surface area contributed by atoms with E-state index in [4.69, 9.17) is 4.74 Å². The Morgan fingerprint density at radius 2 is 1.68 bits per heavy atom. The quantitative estimate of drug-likeness (QED) is 0.217. The lowest BCUT2D eigenvalue weighted by molar-refractivity contribution is -0.221. The number of carbonyl (C=O) groups is 1. The van der Waals surface area contributed by atoms with Crippen molar-refractivity contribution in [3.63, 3.8) is 0 Å². The molecule has 4 saturated carbocycles. The van der Waals surface area contributed by atoms with E-state index in [1.807, 2.05) is 0 Å². The van der Waals surface area contributed by atoms with Gasteiger partial charge in [0.05, 0.1) is 12.0 Å². The number of allylic oxidation sites excluding steroid dienone is 5. The maximum absolute atomic E-state index is 12.7. The van der Waals surface area contributed by atoms with E-state index in [0.717, 1.165) is 25.3 Å². The van der Waals surface area contributed by atoms with Gasteiger partial charge >= 0.3 is 12.0 Å². The molecular weight excluding hydrogens is 693 g/mol. The Morgan fingerprint density at radius 3 is 2.38 bits per heavy atom. The summed E-state index contributed by atoms with van der Waals surface area (Å²) >= 11 is 0. The third-order valence-electron chi connectivity index (χ3n) is 18.8. The van der Waals surface area contributed by atoms with Crippen LogP contribution in [-0.4, -0.2) is 64.3 Å². The number of nitrogens with zero attached hydrogens (tertiary/aromatic N) is 3. The topological polar surface area (TPSA) is 87.6 Å². The second kappa shape index (κ2) is 14.9. The highest BCUT2D eigenvalue weighted by Gasteiger charge is 2.70. The maximum atomic E-state index is 12.7. The Kier molecular flexibility index (Phi) is 10.8. The lowest BCUT2D eigenvalue weighted by Crippen LogP contribution is -2.68. The maximum Gasteiger partial charge on any atom is 0.316 e. The summed E-state index contributed by atoms with van der Waals surface area (Å²) in [6.07, 6.45) is 26.6. The molecule has 6 aliphatic carbocycles. The highest BCUT2D eigenvalue weighted by Crippen LogP contribution is 2.76. The zero-order valence-electron chi connectivity index (χ0n) is 35.9. The molecule has 2 heterocycles. The van der Waals surface area contributed by atoms with Crippen molar-refractivity contribution in [1.82, 2.24) is 20.2 Å². The van der Waals surface area contributed by atoms with Gasteiger partial charge in [-0.3, -0.25) is 4.79 Å². The molecule has 1 unspecified atom stereocenters. The van der Waals surface area contributed by atoms with E-state index >= 15 is 0 Å². The molecule has 8 rings (SSSR count). The van der Waals surface area contributed by atoms with Crippen molar-refractivity contribution in [1.29, 1.82) is 0 Å². The fraction of sp³-hybridized carbons (Fsp3) is 0.776. The van der Waals surface area contributed by atoms with E-state index in [9.17, 15) is 9.90 Å². The van der Waals surface area contributed by atoms with Crippen molar-refractivity contribution in [3.8, 4) is 6.01 Å². The third-order valence-corrected chi connectivity index (χ3v) is 18.8. The molecule has 7 heteroatoms. The van der Waals surface area contributed by atoms with Gasteiger partial charge in [0.15, 0.2) is 0 Å². The van der Waals surface area contributed by atoms with Crippen LogP contribution in [0.5, 0.6) is 6.01 Å². The second-order valence-electron chi connectivity index (χ2n) is 21.4. The number of aromatic nitrogens is 2. The second-order valence-corrected chi connectivity index (χ2v) is 21.4. The molecule has 7 nitrogen and oxygen atoms in total. The van der Waals surface area contributed by atoms with Crippen LogP contribution in [0.2, 0.25) is 0 Å². The minimum absolute atomic E-state index is 0.0470. The predicted octanol–water partition coefficient (Wildman–Crippen LogP) is 10.4. The van der Waals surface area contributed by atoms with E-state index in [2.05, 4.69) is 80.5 Å². The van der Waals surface area contributed by atoms with Gasteiger partial charge in [-0.2, -0.15) is 0 Å². The Labute approximate surface area is 339 Å². The molecule has 0 spiro atoms. The van der Waals surface area contributed by atoms with Crippen LogP contribution in [0.25, 0.3) is 0 Å². The van der Waals surface area contributed by atoms with Crippen molar-refractivity contribution < 1.29 is 14.6 Å². The van der Waals surface area contributed by atoms with Gasteiger partial charge in [-0.15, -0.1) is 0 Å². The molecule has 10 atom stereocenters. The number of likely N-dealkylation sites (tertiary alicyclic amines) is 1. The first kappa shape index (κ1) is 40.3. The molecule has 2 N–H and O–H groups in total. The van der Waals surface area contributed by atoms with E-state index in [0.29, 0.717) is 66.4 Å². The van der Waals surface area contributed by atoms with E-state index in [-0.39, 0.29) is 16.4 Å². The lowest BCUT2D eigenvalue weighted by Gasteiger charge is -2.72. The summed E-state index contributed by atoms with van der Waals surface area (Å²) in [4.78, 5) is 23.8. The molecule has 0 aromatic carbocycles.